The van der Waals surface area contributed by atoms with Crippen molar-refractivity contribution in [1.82, 2.24) is 0 Å². The Morgan fingerprint density at radius 3 is 2.10 bits per heavy atom. The first-order valence-corrected chi connectivity index (χ1v) is 9.43. The van der Waals surface area contributed by atoms with E-state index in [-0.39, 0.29) is 0 Å². The van der Waals surface area contributed by atoms with E-state index in [1.165, 1.54) is 70.6 Å². The molecule has 1 unspecified atom stereocenters. The van der Waals surface area contributed by atoms with Crippen LogP contribution in [-0.2, 0) is 0 Å². The molecule has 1 rings (SSSR count). The fourth-order valence-electron chi connectivity index (χ4n) is 4.55. The van der Waals surface area contributed by atoms with Gasteiger partial charge < -0.3 is 11.5 Å². The van der Waals surface area contributed by atoms with Gasteiger partial charge >= 0.3 is 0 Å². The van der Waals surface area contributed by atoms with Gasteiger partial charge in [0.25, 0.3) is 0 Å². The molecule has 0 radical (unpaired) electrons. The number of hydrogen-bond acceptors (Lipinski definition) is 2. The fourth-order valence-corrected chi connectivity index (χ4v) is 4.55. The summed E-state index contributed by atoms with van der Waals surface area (Å²) in [5, 5.41) is 0. The molecule has 2 nitrogen and oxygen atoms in total. The van der Waals surface area contributed by atoms with Crippen LogP contribution in [0.1, 0.15) is 91.4 Å². The molecule has 0 aromatic heterocycles. The summed E-state index contributed by atoms with van der Waals surface area (Å²) in [7, 11) is 0. The van der Waals surface area contributed by atoms with Crippen molar-refractivity contribution < 1.29 is 0 Å². The maximum atomic E-state index is 5.81. The Morgan fingerprint density at radius 2 is 1.62 bits per heavy atom. The highest BCUT2D eigenvalue weighted by atomic mass is 14.5. The van der Waals surface area contributed by atoms with E-state index in [9.17, 15) is 0 Å². The second-order valence-electron chi connectivity index (χ2n) is 8.01. The van der Waals surface area contributed by atoms with Crippen molar-refractivity contribution in [2.75, 3.05) is 13.1 Å². The van der Waals surface area contributed by atoms with E-state index in [1.807, 2.05) is 0 Å². The Balaban J connectivity index is 2.63. The standard InChI is InChI=1S/C19H40N2/c1-4-8-19(16-17(5-2)7-15-21)12-10-18(3,11-13-19)9-6-14-20/h17H,4-16,20-21H2,1-3H3. The molecule has 0 heterocycles. The summed E-state index contributed by atoms with van der Waals surface area (Å²) < 4.78 is 0. The Hall–Kier alpha value is -0.0800. The molecule has 0 aromatic rings. The van der Waals surface area contributed by atoms with Crippen molar-refractivity contribution in [2.45, 2.75) is 91.4 Å². The highest BCUT2D eigenvalue weighted by molar-refractivity contribution is 4.91. The third-order valence-corrected chi connectivity index (χ3v) is 6.16. The minimum absolute atomic E-state index is 0.562. The van der Waals surface area contributed by atoms with Crippen LogP contribution < -0.4 is 11.5 Å². The van der Waals surface area contributed by atoms with Crippen LogP contribution in [0.25, 0.3) is 0 Å². The minimum atomic E-state index is 0.562. The van der Waals surface area contributed by atoms with Crippen molar-refractivity contribution in [3.8, 4) is 0 Å². The zero-order chi connectivity index (χ0) is 15.8. The van der Waals surface area contributed by atoms with Crippen LogP contribution in [0, 0.1) is 16.7 Å². The van der Waals surface area contributed by atoms with Crippen molar-refractivity contribution in [3.05, 3.63) is 0 Å². The smallest absolute Gasteiger partial charge is 0.00746 e. The van der Waals surface area contributed by atoms with E-state index in [0.29, 0.717) is 10.8 Å². The largest absolute Gasteiger partial charge is 0.330 e. The lowest BCUT2D eigenvalue weighted by Crippen LogP contribution is -2.35. The summed E-state index contributed by atoms with van der Waals surface area (Å²) in [5.41, 5.74) is 12.7. The fraction of sp³-hybridized carbons (Fsp3) is 1.00. The third-order valence-electron chi connectivity index (χ3n) is 6.16. The summed E-state index contributed by atoms with van der Waals surface area (Å²) >= 11 is 0. The number of nitrogens with two attached hydrogens (primary N) is 2. The highest BCUT2D eigenvalue weighted by Gasteiger charge is 2.40. The lowest BCUT2D eigenvalue weighted by atomic mass is 9.59. The van der Waals surface area contributed by atoms with Crippen LogP contribution in [0.3, 0.4) is 0 Å². The summed E-state index contributed by atoms with van der Waals surface area (Å²) in [6.45, 7) is 8.90. The SMILES string of the molecule is CCCC1(CC(CC)CCN)CCC(C)(CCCN)CC1. The number of rotatable bonds is 10. The van der Waals surface area contributed by atoms with Gasteiger partial charge in [0.2, 0.25) is 0 Å². The molecule has 0 aliphatic heterocycles. The second-order valence-corrected chi connectivity index (χ2v) is 8.01. The summed E-state index contributed by atoms with van der Waals surface area (Å²) in [5.74, 6) is 0.843. The van der Waals surface area contributed by atoms with E-state index < -0.39 is 0 Å². The molecule has 0 spiro atoms. The normalized spacial score (nSPS) is 31.3. The van der Waals surface area contributed by atoms with Crippen molar-refractivity contribution >= 4 is 0 Å². The molecular weight excluding hydrogens is 256 g/mol. The monoisotopic (exact) mass is 296 g/mol. The van der Waals surface area contributed by atoms with Gasteiger partial charge in [0.1, 0.15) is 0 Å². The molecule has 1 fully saturated rings. The maximum absolute atomic E-state index is 5.81. The molecule has 1 saturated carbocycles. The Kier molecular flexibility index (Phi) is 8.26. The quantitative estimate of drug-likeness (QED) is 0.605. The van der Waals surface area contributed by atoms with Gasteiger partial charge in [0.15, 0.2) is 0 Å². The molecular formula is C19H40N2. The summed E-state index contributed by atoms with van der Waals surface area (Å²) in [4.78, 5) is 0. The van der Waals surface area contributed by atoms with Gasteiger partial charge in [-0.1, -0.05) is 33.6 Å². The molecule has 0 amide bonds. The van der Waals surface area contributed by atoms with Gasteiger partial charge in [0, 0.05) is 0 Å². The second kappa shape index (κ2) is 9.15. The van der Waals surface area contributed by atoms with Crippen LogP contribution in [0.5, 0.6) is 0 Å². The van der Waals surface area contributed by atoms with Crippen LogP contribution in [-0.4, -0.2) is 13.1 Å². The Labute approximate surface area is 133 Å². The number of hydrogen-bond donors (Lipinski definition) is 2. The van der Waals surface area contributed by atoms with Gasteiger partial charge in [-0.15, -0.1) is 0 Å². The zero-order valence-electron chi connectivity index (χ0n) is 14.9. The molecule has 126 valence electrons. The first-order valence-electron chi connectivity index (χ1n) is 9.43. The first kappa shape index (κ1) is 19.0. The molecule has 0 aromatic carbocycles. The van der Waals surface area contributed by atoms with Gasteiger partial charge in [-0.2, -0.15) is 0 Å². The average Bonchev–Trinajstić information content (AvgIpc) is 2.49. The topological polar surface area (TPSA) is 52.0 Å². The van der Waals surface area contributed by atoms with Gasteiger partial charge in [0.05, 0.1) is 0 Å². The molecule has 21 heavy (non-hydrogen) atoms. The Morgan fingerprint density at radius 1 is 0.952 bits per heavy atom. The van der Waals surface area contributed by atoms with E-state index in [0.717, 1.165) is 19.0 Å². The van der Waals surface area contributed by atoms with Crippen LogP contribution >= 0.6 is 0 Å². The van der Waals surface area contributed by atoms with Crippen LogP contribution in [0.4, 0.5) is 0 Å². The predicted molar refractivity (Wildman–Crippen MR) is 94.3 cm³/mol. The molecule has 0 saturated heterocycles. The van der Waals surface area contributed by atoms with Crippen LogP contribution in [0.15, 0.2) is 0 Å². The highest BCUT2D eigenvalue weighted by Crippen LogP contribution is 2.52. The van der Waals surface area contributed by atoms with Crippen molar-refractivity contribution in [3.63, 3.8) is 0 Å². The van der Waals surface area contributed by atoms with E-state index in [2.05, 4.69) is 20.8 Å². The van der Waals surface area contributed by atoms with Crippen LogP contribution in [0.2, 0.25) is 0 Å². The minimum Gasteiger partial charge on any atom is -0.330 e. The van der Waals surface area contributed by atoms with Gasteiger partial charge in [-0.05, 0) is 87.6 Å². The maximum Gasteiger partial charge on any atom is -0.00746 e. The predicted octanol–water partition coefficient (Wildman–Crippen LogP) is 4.86. The van der Waals surface area contributed by atoms with E-state index in [4.69, 9.17) is 11.5 Å². The van der Waals surface area contributed by atoms with Gasteiger partial charge in [-0.25, -0.2) is 0 Å². The molecule has 1 aliphatic rings. The van der Waals surface area contributed by atoms with E-state index in [1.54, 1.807) is 0 Å². The molecule has 2 heteroatoms. The summed E-state index contributed by atoms with van der Waals surface area (Å²) in [6, 6.07) is 0. The van der Waals surface area contributed by atoms with E-state index >= 15 is 0 Å². The Bertz CT molecular complexity index is 267. The first-order chi connectivity index (χ1) is 10.0. The molecule has 1 atom stereocenters. The third kappa shape index (κ3) is 5.90. The molecule has 0 bridgehead atoms. The average molecular weight is 297 g/mol. The van der Waals surface area contributed by atoms with Gasteiger partial charge in [-0.3, -0.25) is 0 Å². The van der Waals surface area contributed by atoms with Crippen molar-refractivity contribution in [2.24, 2.45) is 28.2 Å². The summed E-state index contributed by atoms with van der Waals surface area (Å²) in [6.07, 6.45) is 14.9. The molecule has 1 aliphatic carbocycles. The lowest BCUT2D eigenvalue weighted by Gasteiger charge is -2.47. The lowest BCUT2D eigenvalue weighted by molar-refractivity contribution is 0.0499. The zero-order valence-corrected chi connectivity index (χ0v) is 14.9. The van der Waals surface area contributed by atoms with Crippen molar-refractivity contribution in [1.29, 1.82) is 0 Å². The molecule has 4 N–H and O–H groups in total.